The summed E-state index contributed by atoms with van der Waals surface area (Å²) in [6.07, 6.45) is 1.48. The van der Waals surface area contributed by atoms with Gasteiger partial charge in [-0.15, -0.1) is 0 Å². The Morgan fingerprint density at radius 3 is 2.15 bits per heavy atom. The zero-order chi connectivity index (χ0) is 19.4. The number of hydrogen-bond acceptors (Lipinski definition) is 3. The average molecular weight is 370 g/mol. The summed E-state index contributed by atoms with van der Waals surface area (Å²) in [7, 11) is 0. The van der Waals surface area contributed by atoms with Crippen LogP contribution in [0.5, 0.6) is 0 Å². The fraction of sp³-hybridized carbons (Fsp3) is 0.105. The molecular weight excluding hydrogens is 354 g/mol. The predicted molar refractivity (Wildman–Crippen MR) is 96.3 cm³/mol. The van der Waals surface area contributed by atoms with Crippen LogP contribution in [0.1, 0.15) is 23.5 Å². The van der Waals surface area contributed by atoms with E-state index in [2.05, 4.69) is 15.7 Å². The van der Waals surface area contributed by atoms with Crippen molar-refractivity contribution in [1.82, 2.24) is 9.78 Å². The maximum absolute atomic E-state index is 13.2. The molecule has 8 heteroatoms. The molecule has 3 rings (SSSR count). The molecule has 1 aromatic heterocycles. The van der Waals surface area contributed by atoms with Crippen molar-refractivity contribution in [3.63, 3.8) is 0 Å². The van der Waals surface area contributed by atoms with E-state index in [9.17, 15) is 18.4 Å². The molecule has 0 saturated heterocycles. The molecule has 0 aliphatic carbocycles. The van der Waals surface area contributed by atoms with Crippen LogP contribution in [0.15, 0.2) is 60.8 Å². The number of halogens is 2. The lowest BCUT2D eigenvalue weighted by atomic mass is 10.2. The van der Waals surface area contributed by atoms with Crippen LogP contribution >= 0.6 is 0 Å². The van der Waals surface area contributed by atoms with E-state index in [-0.39, 0.29) is 5.69 Å². The summed E-state index contributed by atoms with van der Waals surface area (Å²) >= 11 is 0. The normalized spacial score (nSPS) is 11.7. The smallest absolute Gasteiger partial charge is 0.276 e. The lowest BCUT2D eigenvalue weighted by molar-refractivity contribution is -0.119. The van der Waals surface area contributed by atoms with E-state index in [1.165, 1.54) is 53.3 Å². The summed E-state index contributed by atoms with van der Waals surface area (Å²) in [4.78, 5) is 24.5. The Labute approximate surface area is 153 Å². The molecule has 1 heterocycles. The van der Waals surface area contributed by atoms with Crippen LogP contribution in [0.3, 0.4) is 0 Å². The summed E-state index contributed by atoms with van der Waals surface area (Å²) in [5.74, 6) is -1.88. The molecule has 0 fully saturated rings. The highest BCUT2D eigenvalue weighted by Crippen LogP contribution is 2.14. The maximum Gasteiger partial charge on any atom is 0.276 e. The van der Waals surface area contributed by atoms with E-state index in [1.807, 2.05) is 0 Å². The van der Waals surface area contributed by atoms with E-state index in [4.69, 9.17) is 0 Å². The first kappa shape index (κ1) is 18.2. The first-order valence-corrected chi connectivity index (χ1v) is 8.11. The summed E-state index contributed by atoms with van der Waals surface area (Å²) < 4.78 is 27.7. The Morgan fingerprint density at radius 1 is 0.963 bits per heavy atom. The molecule has 0 saturated carbocycles. The minimum absolute atomic E-state index is 0.0738. The van der Waals surface area contributed by atoms with Gasteiger partial charge < -0.3 is 10.6 Å². The summed E-state index contributed by atoms with van der Waals surface area (Å²) in [5.41, 5.74) is 0.694. The highest BCUT2D eigenvalue weighted by atomic mass is 19.1. The lowest BCUT2D eigenvalue weighted by Crippen LogP contribution is -2.24. The monoisotopic (exact) mass is 370 g/mol. The SMILES string of the molecule is C[C@H](C(=O)Nc1cccc(F)c1)n1ccc(C(=O)Nc2cccc(F)c2)n1. The van der Waals surface area contributed by atoms with Crippen molar-refractivity contribution in [2.45, 2.75) is 13.0 Å². The van der Waals surface area contributed by atoms with Crippen molar-refractivity contribution in [3.8, 4) is 0 Å². The number of carbonyl (C=O) groups is 2. The van der Waals surface area contributed by atoms with Crippen molar-refractivity contribution < 1.29 is 18.4 Å². The molecule has 2 amide bonds. The molecule has 1 atom stereocenters. The van der Waals surface area contributed by atoms with Gasteiger partial charge in [0.15, 0.2) is 5.69 Å². The molecule has 27 heavy (non-hydrogen) atoms. The van der Waals surface area contributed by atoms with Crippen LogP contribution in [0.2, 0.25) is 0 Å². The minimum atomic E-state index is -0.732. The van der Waals surface area contributed by atoms with Gasteiger partial charge in [0.2, 0.25) is 5.91 Å². The molecule has 2 aromatic carbocycles. The van der Waals surface area contributed by atoms with Crippen molar-refractivity contribution in [1.29, 1.82) is 0 Å². The zero-order valence-electron chi connectivity index (χ0n) is 14.3. The van der Waals surface area contributed by atoms with Gasteiger partial charge in [-0.2, -0.15) is 5.10 Å². The van der Waals surface area contributed by atoms with Gasteiger partial charge in [0, 0.05) is 17.6 Å². The second kappa shape index (κ2) is 7.77. The standard InChI is InChI=1S/C19H16F2N4O2/c1-12(18(26)22-15-6-2-4-13(20)10-15)25-9-8-17(24-25)19(27)23-16-7-3-5-14(21)11-16/h2-12H,1H3,(H,22,26)(H,23,27)/t12-/m1/s1. The van der Waals surface area contributed by atoms with Crippen molar-refractivity contribution in [3.05, 3.63) is 78.1 Å². The lowest BCUT2D eigenvalue weighted by Gasteiger charge is -2.12. The first-order valence-electron chi connectivity index (χ1n) is 8.11. The maximum atomic E-state index is 13.2. The summed E-state index contributed by atoms with van der Waals surface area (Å²) in [6, 6.07) is 11.7. The molecular formula is C19H16F2N4O2. The number of nitrogens with one attached hydrogen (secondary N) is 2. The van der Waals surface area contributed by atoms with Crippen LogP contribution < -0.4 is 10.6 Å². The van der Waals surface area contributed by atoms with E-state index in [0.717, 1.165) is 0 Å². The molecule has 138 valence electrons. The Bertz CT molecular complexity index is 987. The van der Waals surface area contributed by atoms with Gasteiger partial charge in [0.1, 0.15) is 17.7 Å². The van der Waals surface area contributed by atoms with Crippen molar-refractivity contribution >= 4 is 23.2 Å². The molecule has 0 bridgehead atoms. The van der Waals surface area contributed by atoms with Gasteiger partial charge in [0.25, 0.3) is 5.91 Å². The average Bonchev–Trinajstić information content (AvgIpc) is 3.11. The Hall–Kier alpha value is -3.55. The fourth-order valence-electron chi connectivity index (χ4n) is 2.37. The predicted octanol–water partition coefficient (Wildman–Crippen LogP) is 3.61. The first-order chi connectivity index (χ1) is 12.9. The van der Waals surface area contributed by atoms with Gasteiger partial charge in [-0.3, -0.25) is 14.3 Å². The molecule has 0 unspecified atom stereocenters. The third-order valence-electron chi connectivity index (χ3n) is 3.79. The summed E-state index contributed by atoms with van der Waals surface area (Å²) in [5, 5.41) is 9.20. The second-order valence-electron chi connectivity index (χ2n) is 5.82. The van der Waals surface area contributed by atoms with Gasteiger partial charge in [-0.05, 0) is 49.4 Å². The summed E-state index contributed by atoms with van der Waals surface area (Å²) in [6.45, 7) is 1.59. The van der Waals surface area contributed by atoms with E-state index >= 15 is 0 Å². The number of nitrogens with zero attached hydrogens (tertiary/aromatic N) is 2. The van der Waals surface area contributed by atoms with Gasteiger partial charge >= 0.3 is 0 Å². The van der Waals surface area contributed by atoms with Crippen molar-refractivity contribution in [2.75, 3.05) is 10.6 Å². The third-order valence-corrected chi connectivity index (χ3v) is 3.79. The molecule has 0 spiro atoms. The number of anilines is 2. The molecule has 3 aromatic rings. The molecule has 0 aliphatic rings. The van der Waals surface area contributed by atoms with Crippen molar-refractivity contribution in [2.24, 2.45) is 0 Å². The molecule has 2 N–H and O–H groups in total. The number of hydrogen-bond donors (Lipinski definition) is 2. The topological polar surface area (TPSA) is 76.0 Å². The number of aromatic nitrogens is 2. The number of carbonyl (C=O) groups excluding carboxylic acids is 2. The van der Waals surface area contributed by atoms with E-state index in [0.29, 0.717) is 11.4 Å². The number of benzene rings is 2. The second-order valence-corrected chi connectivity index (χ2v) is 5.82. The van der Waals surface area contributed by atoms with E-state index < -0.39 is 29.5 Å². The largest absolute Gasteiger partial charge is 0.324 e. The van der Waals surface area contributed by atoms with Crippen LogP contribution in [0.4, 0.5) is 20.2 Å². The highest BCUT2D eigenvalue weighted by molar-refractivity contribution is 6.02. The Balaban J connectivity index is 1.67. The number of rotatable bonds is 5. The van der Waals surface area contributed by atoms with Crippen LogP contribution in [0, 0.1) is 11.6 Å². The molecule has 0 aliphatic heterocycles. The van der Waals surface area contributed by atoms with Crippen LogP contribution in [-0.2, 0) is 4.79 Å². The highest BCUT2D eigenvalue weighted by Gasteiger charge is 2.18. The molecule has 6 nitrogen and oxygen atoms in total. The van der Waals surface area contributed by atoms with E-state index in [1.54, 1.807) is 19.1 Å². The van der Waals surface area contributed by atoms with Gasteiger partial charge in [0.05, 0.1) is 0 Å². The van der Waals surface area contributed by atoms with Gasteiger partial charge in [-0.1, -0.05) is 12.1 Å². The fourth-order valence-corrected chi connectivity index (χ4v) is 2.37. The number of amides is 2. The third kappa shape index (κ3) is 4.55. The van der Waals surface area contributed by atoms with Gasteiger partial charge in [-0.25, -0.2) is 8.78 Å². The van der Waals surface area contributed by atoms with Crippen LogP contribution in [0.25, 0.3) is 0 Å². The Morgan fingerprint density at radius 2 is 1.56 bits per heavy atom. The Kier molecular flexibility index (Phi) is 5.25. The zero-order valence-corrected chi connectivity index (χ0v) is 14.3. The molecule has 0 radical (unpaired) electrons. The van der Waals surface area contributed by atoms with Crippen LogP contribution in [-0.4, -0.2) is 21.6 Å². The minimum Gasteiger partial charge on any atom is -0.324 e. The quantitative estimate of drug-likeness (QED) is 0.720.